The van der Waals surface area contributed by atoms with Gasteiger partial charge in [0.15, 0.2) is 0 Å². The highest BCUT2D eigenvalue weighted by Crippen LogP contribution is 2.25. The van der Waals surface area contributed by atoms with E-state index in [2.05, 4.69) is 5.32 Å². The Hall–Kier alpha value is -3.02. The zero-order valence-corrected chi connectivity index (χ0v) is 14.2. The van der Waals surface area contributed by atoms with Gasteiger partial charge in [-0.1, -0.05) is 24.3 Å². The van der Waals surface area contributed by atoms with Crippen LogP contribution in [-0.2, 0) is 4.74 Å². The summed E-state index contributed by atoms with van der Waals surface area (Å²) in [5.41, 5.74) is 2.04. The predicted octanol–water partition coefficient (Wildman–Crippen LogP) is 3.14. The first-order valence-electron chi connectivity index (χ1n) is 8.08. The Morgan fingerprint density at radius 1 is 1.24 bits per heavy atom. The SMILES string of the molecule is COc1ccccc1C(C)NC(=O)c1cccc(N2CCOC2=O)c1. The molecule has 1 aliphatic rings. The number of cyclic esters (lactones) is 1. The average Bonchev–Trinajstić information content (AvgIpc) is 3.07. The number of hydrogen-bond donors (Lipinski definition) is 1. The second-order valence-corrected chi connectivity index (χ2v) is 5.75. The second kappa shape index (κ2) is 7.25. The van der Waals surface area contributed by atoms with E-state index in [-0.39, 0.29) is 18.0 Å². The first-order chi connectivity index (χ1) is 12.1. The lowest BCUT2D eigenvalue weighted by atomic mass is 10.1. The lowest BCUT2D eigenvalue weighted by Crippen LogP contribution is -2.28. The smallest absolute Gasteiger partial charge is 0.414 e. The van der Waals surface area contributed by atoms with Crippen molar-refractivity contribution in [2.75, 3.05) is 25.2 Å². The molecule has 25 heavy (non-hydrogen) atoms. The number of ether oxygens (including phenoxy) is 2. The van der Waals surface area contributed by atoms with Crippen molar-refractivity contribution in [2.24, 2.45) is 0 Å². The van der Waals surface area contributed by atoms with Crippen LogP contribution >= 0.6 is 0 Å². The molecule has 2 aromatic carbocycles. The monoisotopic (exact) mass is 340 g/mol. The highest BCUT2D eigenvalue weighted by atomic mass is 16.6. The molecule has 6 heteroatoms. The van der Waals surface area contributed by atoms with Crippen LogP contribution in [0.3, 0.4) is 0 Å². The summed E-state index contributed by atoms with van der Waals surface area (Å²) in [6, 6.07) is 14.3. The Balaban J connectivity index is 1.76. The topological polar surface area (TPSA) is 67.9 Å². The molecule has 6 nitrogen and oxygen atoms in total. The van der Waals surface area contributed by atoms with Crippen molar-refractivity contribution in [3.8, 4) is 5.75 Å². The van der Waals surface area contributed by atoms with Gasteiger partial charge in [-0.3, -0.25) is 9.69 Å². The number of carbonyl (C=O) groups is 2. The molecule has 1 aliphatic heterocycles. The van der Waals surface area contributed by atoms with E-state index in [1.165, 1.54) is 4.90 Å². The minimum atomic E-state index is -0.389. The van der Waals surface area contributed by atoms with Crippen molar-refractivity contribution in [1.29, 1.82) is 0 Å². The number of amides is 2. The maximum Gasteiger partial charge on any atom is 0.414 e. The molecule has 130 valence electrons. The fourth-order valence-electron chi connectivity index (χ4n) is 2.82. The number of anilines is 1. The molecule has 1 fully saturated rings. The minimum absolute atomic E-state index is 0.215. The lowest BCUT2D eigenvalue weighted by molar-refractivity contribution is 0.0939. The van der Waals surface area contributed by atoms with E-state index >= 15 is 0 Å². The number of rotatable bonds is 5. The molecule has 0 radical (unpaired) electrons. The molecule has 0 spiro atoms. The summed E-state index contributed by atoms with van der Waals surface area (Å²) in [5.74, 6) is 0.511. The third-order valence-electron chi connectivity index (χ3n) is 4.13. The molecular formula is C19H20N2O4. The van der Waals surface area contributed by atoms with Gasteiger partial charge in [0.05, 0.1) is 19.7 Å². The molecule has 0 aromatic heterocycles. The van der Waals surface area contributed by atoms with Gasteiger partial charge in [-0.2, -0.15) is 0 Å². The summed E-state index contributed by atoms with van der Waals surface area (Å²) in [6.07, 6.45) is -0.389. The van der Waals surface area contributed by atoms with E-state index in [9.17, 15) is 9.59 Å². The lowest BCUT2D eigenvalue weighted by Gasteiger charge is -2.18. The van der Waals surface area contributed by atoms with Crippen molar-refractivity contribution < 1.29 is 19.1 Å². The van der Waals surface area contributed by atoms with Crippen molar-refractivity contribution in [3.63, 3.8) is 0 Å². The van der Waals surface area contributed by atoms with E-state index in [0.29, 0.717) is 24.4 Å². The van der Waals surface area contributed by atoms with Gasteiger partial charge in [-0.25, -0.2) is 4.79 Å². The van der Waals surface area contributed by atoms with Crippen LogP contribution in [0, 0.1) is 0 Å². The van der Waals surface area contributed by atoms with Crippen LogP contribution < -0.4 is 15.0 Å². The Bertz CT molecular complexity index is 790. The first kappa shape index (κ1) is 16.8. The summed E-state index contributed by atoms with van der Waals surface area (Å²) in [7, 11) is 1.60. The maximum atomic E-state index is 12.6. The van der Waals surface area contributed by atoms with Gasteiger partial charge in [0.25, 0.3) is 5.91 Å². The van der Waals surface area contributed by atoms with Crippen LogP contribution in [-0.4, -0.2) is 32.3 Å². The average molecular weight is 340 g/mol. The maximum absolute atomic E-state index is 12.6. The molecule has 1 N–H and O–H groups in total. The molecule has 0 saturated carbocycles. The van der Waals surface area contributed by atoms with Crippen LogP contribution in [0.25, 0.3) is 0 Å². The number of para-hydroxylation sites is 1. The van der Waals surface area contributed by atoms with Crippen molar-refractivity contribution in [1.82, 2.24) is 5.32 Å². The summed E-state index contributed by atoms with van der Waals surface area (Å²) in [6.45, 7) is 2.75. The molecule has 2 amide bonds. The van der Waals surface area contributed by atoms with Gasteiger partial charge in [0.2, 0.25) is 0 Å². The molecule has 1 unspecified atom stereocenters. The van der Waals surface area contributed by atoms with E-state index in [4.69, 9.17) is 9.47 Å². The Labute approximate surface area is 146 Å². The highest BCUT2D eigenvalue weighted by molar-refractivity contribution is 5.97. The molecule has 3 rings (SSSR count). The third kappa shape index (κ3) is 3.57. The number of nitrogens with zero attached hydrogens (tertiary/aromatic N) is 1. The standard InChI is InChI=1S/C19H20N2O4/c1-13(16-8-3-4-9-17(16)24-2)20-18(22)14-6-5-7-15(12-14)21-10-11-25-19(21)23/h3-9,12-13H,10-11H2,1-2H3,(H,20,22). The van der Waals surface area contributed by atoms with Gasteiger partial charge >= 0.3 is 6.09 Å². The quantitative estimate of drug-likeness (QED) is 0.908. The van der Waals surface area contributed by atoms with Crippen LogP contribution in [0.4, 0.5) is 10.5 Å². The summed E-state index contributed by atoms with van der Waals surface area (Å²) < 4.78 is 10.3. The zero-order valence-electron chi connectivity index (χ0n) is 14.2. The molecule has 0 aliphatic carbocycles. The summed E-state index contributed by atoms with van der Waals surface area (Å²) >= 11 is 0. The predicted molar refractivity (Wildman–Crippen MR) is 94.0 cm³/mol. The number of hydrogen-bond acceptors (Lipinski definition) is 4. The van der Waals surface area contributed by atoms with Gasteiger partial charge in [-0.05, 0) is 31.2 Å². The minimum Gasteiger partial charge on any atom is -0.496 e. The summed E-state index contributed by atoms with van der Waals surface area (Å²) in [4.78, 5) is 25.8. The third-order valence-corrected chi connectivity index (χ3v) is 4.13. The number of benzene rings is 2. The first-order valence-corrected chi connectivity index (χ1v) is 8.08. The van der Waals surface area contributed by atoms with Gasteiger partial charge in [0, 0.05) is 16.8 Å². The molecule has 1 heterocycles. The highest BCUT2D eigenvalue weighted by Gasteiger charge is 2.24. The van der Waals surface area contributed by atoms with E-state index in [1.807, 2.05) is 31.2 Å². The second-order valence-electron chi connectivity index (χ2n) is 5.75. The number of carbonyl (C=O) groups excluding carboxylic acids is 2. The molecule has 1 atom stereocenters. The Morgan fingerprint density at radius 2 is 2.04 bits per heavy atom. The largest absolute Gasteiger partial charge is 0.496 e. The fourth-order valence-corrected chi connectivity index (χ4v) is 2.82. The van der Waals surface area contributed by atoms with Gasteiger partial charge < -0.3 is 14.8 Å². The van der Waals surface area contributed by atoms with Crippen molar-refractivity contribution in [2.45, 2.75) is 13.0 Å². The van der Waals surface area contributed by atoms with Crippen molar-refractivity contribution >= 4 is 17.7 Å². The van der Waals surface area contributed by atoms with Crippen LogP contribution in [0.2, 0.25) is 0 Å². The molecule has 1 saturated heterocycles. The Morgan fingerprint density at radius 3 is 2.76 bits per heavy atom. The zero-order chi connectivity index (χ0) is 17.8. The van der Waals surface area contributed by atoms with E-state index in [0.717, 1.165) is 11.3 Å². The normalized spacial score (nSPS) is 14.8. The number of methoxy groups -OCH3 is 1. The number of nitrogens with one attached hydrogen (secondary N) is 1. The van der Waals surface area contributed by atoms with E-state index in [1.54, 1.807) is 31.4 Å². The molecule has 2 aromatic rings. The van der Waals surface area contributed by atoms with Gasteiger partial charge in [-0.15, -0.1) is 0 Å². The molecule has 0 bridgehead atoms. The Kier molecular flexibility index (Phi) is 4.88. The summed E-state index contributed by atoms with van der Waals surface area (Å²) in [5, 5.41) is 2.96. The van der Waals surface area contributed by atoms with Crippen molar-refractivity contribution in [3.05, 3.63) is 59.7 Å². The van der Waals surface area contributed by atoms with Crippen LogP contribution in [0.1, 0.15) is 28.9 Å². The van der Waals surface area contributed by atoms with Crippen LogP contribution in [0.15, 0.2) is 48.5 Å². The van der Waals surface area contributed by atoms with Gasteiger partial charge in [0.1, 0.15) is 12.4 Å². The fraction of sp³-hybridized carbons (Fsp3) is 0.263. The van der Waals surface area contributed by atoms with E-state index < -0.39 is 0 Å². The molecular weight excluding hydrogens is 320 g/mol. The van der Waals surface area contributed by atoms with Crippen LogP contribution in [0.5, 0.6) is 5.75 Å².